The zero-order chi connectivity index (χ0) is 14.0. The van der Waals surface area contributed by atoms with Crippen molar-refractivity contribution in [2.24, 2.45) is 0 Å². The molecule has 98 valence electrons. The Hall–Kier alpha value is -2.24. The molecular formula is C13H7F4NO. The van der Waals surface area contributed by atoms with Crippen molar-refractivity contribution in [3.05, 3.63) is 53.6 Å². The van der Waals surface area contributed by atoms with Gasteiger partial charge in [-0.05, 0) is 23.8 Å². The van der Waals surface area contributed by atoms with Crippen molar-refractivity contribution >= 4 is 6.29 Å². The standard InChI is InChI=1S/C13H7F4NO/c14-10-3-1-8(2-4-10)11-5-9(13(15,16)17)6-18-12(11)7-19/h1-7H. The van der Waals surface area contributed by atoms with E-state index in [1.165, 1.54) is 12.1 Å². The van der Waals surface area contributed by atoms with Gasteiger partial charge >= 0.3 is 6.18 Å². The highest BCUT2D eigenvalue weighted by Gasteiger charge is 2.31. The van der Waals surface area contributed by atoms with Crippen LogP contribution in [0.2, 0.25) is 0 Å². The van der Waals surface area contributed by atoms with Crippen LogP contribution < -0.4 is 0 Å². The molecule has 1 heterocycles. The lowest BCUT2D eigenvalue weighted by Gasteiger charge is -2.10. The lowest BCUT2D eigenvalue weighted by atomic mass is 10.0. The van der Waals surface area contributed by atoms with E-state index in [1.807, 2.05) is 0 Å². The molecule has 19 heavy (non-hydrogen) atoms. The highest BCUT2D eigenvalue weighted by atomic mass is 19.4. The monoisotopic (exact) mass is 269 g/mol. The van der Waals surface area contributed by atoms with Gasteiger partial charge < -0.3 is 0 Å². The number of benzene rings is 1. The van der Waals surface area contributed by atoms with E-state index < -0.39 is 17.6 Å². The minimum absolute atomic E-state index is 0.0184. The molecule has 2 rings (SSSR count). The molecule has 0 saturated carbocycles. The molecule has 0 aliphatic heterocycles. The summed E-state index contributed by atoms with van der Waals surface area (Å²) in [5, 5.41) is 0. The number of aldehydes is 1. The first-order valence-electron chi connectivity index (χ1n) is 5.20. The minimum atomic E-state index is -4.55. The molecule has 0 spiro atoms. The summed E-state index contributed by atoms with van der Waals surface area (Å²) in [4.78, 5) is 14.3. The van der Waals surface area contributed by atoms with Crippen LogP contribution in [0.4, 0.5) is 17.6 Å². The van der Waals surface area contributed by atoms with E-state index >= 15 is 0 Å². The molecule has 1 aromatic carbocycles. The summed E-state index contributed by atoms with van der Waals surface area (Å²) >= 11 is 0. The Bertz CT molecular complexity index is 605. The number of carbonyl (C=O) groups excluding carboxylic acids is 1. The molecule has 6 heteroatoms. The summed E-state index contributed by atoms with van der Waals surface area (Å²) in [6, 6.07) is 5.61. The smallest absolute Gasteiger partial charge is 0.296 e. The van der Waals surface area contributed by atoms with Gasteiger partial charge in [0.25, 0.3) is 0 Å². The molecule has 2 nitrogen and oxygen atoms in total. The van der Waals surface area contributed by atoms with Crippen LogP contribution in [0.25, 0.3) is 11.1 Å². The second-order valence-electron chi connectivity index (χ2n) is 3.78. The zero-order valence-electron chi connectivity index (χ0n) is 9.41. The third-order valence-corrected chi connectivity index (χ3v) is 2.51. The summed E-state index contributed by atoms with van der Waals surface area (Å²) in [6.07, 6.45) is -3.60. The van der Waals surface area contributed by atoms with Gasteiger partial charge in [0, 0.05) is 11.8 Å². The highest BCUT2D eigenvalue weighted by Crippen LogP contribution is 2.32. The molecule has 2 aromatic rings. The summed E-state index contributed by atoms with van der Waals surface area (Å²) < 4.78 is 50.6. The first kappa shape index (κ1) is 13.2. The van der Waals surface area contributed by atoms with Gasteiger partial charge in [-0.1, -0.05) is 12.1 Å². The maximum absolute atomic E-state index is 12.8. The third kappa shape index (κ3) is 2.78. The number of carbonyl (C=O) groups is 1. The number of nitrogens with zero attached hydrogens (tertiary/aromatic N) is 1. The van der Waals surface area contributed by atoms with E-state index in [0.29, 0.717) is 18.0 Å². The molecule has 0 aliphatic carbocycles. The zero-order valence-corrected chi connectivity index (χ0v) is 9.41. The van der Waals surface area contributed by atoms with Crippen LogP contribution in [0, 0.1) is 5.82 Å². The number of hydrogen-bond acceptors (Lipinski definition) is 2. The molecule has 0 aliphatic rings. The predicted octanol–water partition coefficient (Wildman–Crippen LogP) is 3.72. The van der Waals surface area contributed by atoms with E-state index in [9.17, 15) is 22.4 Å². The van der Waals surface area contributed by atoms with Gasteiger partial charge in [-0.2, -0.15) is 13.2 Å². The minimum Gasteiger partial charge on any atom is -0.296 e. The Balaban J connectivity index is 2.59. The Morgan fingerprint density at radius 3 is 2.26 bits per heavy atom. The first-order valence-corrected chi connectivity index (χ1v) is 5.20. The number of aromatic nitrogens is 1. The average molecular weight is 269 g/mol. The molecule has 0 bridgehead atoms. The average Bonchev–Trinajstić information content (AvgIpc) is 2.38. The van der Waals surface area contributed by atoms with Gasteiger partial charge in [0.15, 0.2) is 6.29 Å². The molecule has 0 amide bonds. The van der Waals surface area contributed by atoms with Crippen molar-refractivity contribution in [3.63, 3.8) is 0 Å². The van der Waals surface area contributed by atoms with Crippen molar-refractivity contribution in [1.82, 2.24) is 4.98 Å². The molecule has 1 aromatic heterocycles. The fourth-order valence-electron chi connectivity index (χ4n) is 1.58. The number of pyridine rings is 1. The number of alkyl halides is 3. The van der Waals surface area contributed by atoms with Crippen LogP contribution in [0.3, 0.4) is 0 Å². The Kier molecular flexibility index (Phi) is 3.33. The quantitative estimate of drug-likeness (QED) is 0.614. The summed E-state index contributed by atoms with van der Waals surface area (Å²) in [5.74, 6) is -0.517. The largest absolute Gasteiger partial charge is 0.417 e. The van der Waals surface area contributed by atoms with Crippen LogP contribution in [-0.4, -0.2) is 11.3 Å². The number of rotatable bonds is 2. The fraction of sp³-hybridized carbons (Fsp3) is 0.0769. The van der Waals surface area contributed by atoms with Crippen molar-refractivity contribution in [3.8, 4) is 11.1 Å². The topological polar surface area (TPSA) is 30.0 Å². The molecule has 0 N–H and O–H groups in total. The van der Waals surface area contributed by atoms with Crippen LogP contribution in [0.5, 0.6) is 0 Å². The van der Waals surface area contributed by atoms with Crippen LogP contribution in [-0.2, 0) is 6.18 Å². The Morgan fingerprint density at radius 1 is 1.11 bits per heavy atom. The van der Waals surface area contributed by atoms with Crippen LogP contribution in [0.15, 0.2) is 36.5 Å². The van der Waals surface area contributed by atoms with Crippen molar-refractivity contribution < 1.29 is 22.4 Å². The van der Waals surface area contributed by atoms with E-state index in [-0.39, 0.29) is 11.3 Å². The predicted molar refractivity (Wildman–Crippen MR) is 60.0 cm³/mol. The molecule has 0 fully saturated rings. The van der Waals surface area contributed by atoms with E-state index in [4.69, 9.17) is 0 Å². The van der Waals surface area contributed by atoms with Gasteiger partial charge in [-0.3, -0.25) is 9.78 Å². The maximum Gasteiger partial charge on any atom is 0.417 e. The number of hydrogen-bond donors (Lipinski definition) is 0. The molecule has 0 radical (unpaired) electrons. The van der Waals surface area contributed by atoms with Crippen molar-refractivity contribution in [2.75, 3.05) is 0 Å². The Morgan fingerprint density at radius 2 is 1.74 bits per heavy atom. The first-order chi connectivity index (χ1) is 8.91. The van der Waals surface area contributed by atoms with Crippen molar-refractivity contribution in [1.29, 1.82) is 0 Å². The lowest BCUT2D eigenvalue weighted by Crippen LogP contribution is -2.07. The summed E-state index contributed by atoms with van der Waals surface area (Å²) in [5.41, 5.74) is -0.774. The number of halogens is 4. The van der Waals surface area contributed by atoms with Crippen LogP contribution >= 0.6 is 0 Å². The Labute approximate surface area is 105 Å². The van der Waals surface area contributed by atoms with Gasteiger partial charge in [0.2, 0.25) is 0 Å². The lowest BCUT2D eigenvalue weighted by molar-refractivity contribution is -0.137. The molecular weight excluding hydrogens is 262 g/mol. The SMILES string of the molecule is O=Cc1ncc(C(F)(F)F)cc1-c1ccc(F)cc1. The van der Waals surface area contributed by atoms with Gasteiger partial charge in [0.1, 0.15) is 11.5 Å². The molecule has 0 atom stereocenters. The molecule has 0 unspecified atom stereocenters. The normalized spacial score (nSPS) is 11.4. The summed E-state index contributed by atoms with van der Waals surface area (Å²) in [7, 11) is 0. The van der Waals surface area contributed by atoms with Gasteiger partial charge in [0.05, 0.1) is 5.56 Å². The van der Waals surface area contributed by atoms with Crippen LogP contribution in [0.1, 0.15) is 16.1 Å². The van der Waals surface area contributed by atoms with E-state index in [0.717, 1.165) is 18.2 Å². The second kappa shape index (κ2) is 4.79. The second-order valence-corrected chi connectivity index (χ2v) is 3.78. The maximum atomic E-state index is 12.8. The molecule has 0 saturated heterocycles. The van der Waals surface area contributed by atoms with E-state index in [2.05, 4.69) is 4.98 Å². The highest BCUT2D eigenvalue weighted by molar-refractivity contribution is 5.85. The van der Waals surface area contributed by atoms with Gasteiger partial charge in [-0.25, -0.2) is 4.39 Å². The van der Waals surface area contributed by atoms with Gasteiger partial charge in [-0.15, -0.1) is 0 Å². The van der Waals surface area contributed by atoms with E-state index in [1.54, 1.807) is 0 Å². The summed E-state index contributed by atoms with van der Waals surface area (Å²) in [6.45, 7) is 0. The fourth-order valence-corrected chi connectivity index (χ4v) is 1.58. The van der Waals surface area contributed by atoms with Crippen molar-refractivity contribution in [2.45, 2.75) is 6.18 Å². The third-order valence-electron chi connectivity index (χ3n) is 2.51.